The number of carbonyl (C=O) groups excluding carboxylic acids is 1. The highest BCUT2D eigenvalue weighted by Crippen LogP contribution is 2.23. The number of hydrogen-bond acceptors (Lipinski definition) is 2. The lowest BCUT2D eigenvalue weighted by atomic mass is 10.0. The maximum atomic E-state index is 12.3. The van der Waals surface area contributed by atoms with E-state index in [2.05, 4.69) is 34.9 Å². The predicted molar refractivity (Wildman–Crippen MR) is 84.3 cm³/mol. The molecule has 0 amide bonds. The lowest BCUT2D eigenvalue weighted by molar-refractivity contribution is 0.0991. The molecule has 4 heteroatoms. The van der Waals surface area contributed by atoms with Gasteiger partial charge in [-0.2, -0.15) is 5.10 Å². The summed E-state index contributed by atoms with van der Waals surface area (Å²) >= 11 is 3.52. The summed E-state index contributed by atoms with van der Waals surface area (Å²) in [5.41, 5.74) is 3.74. The molecule has 1 heterocycles. The second-order valence-corrected chi connectivity index (χ2v) is 6.20. The van der Waals surface area contributed by atoms with E-state index in [9.17, 15) is 4.79 Å². The summed E-state index contributed by atoms with van der Waals surface area (Å²) in [6.07, 6.45) is 2.27. The Labute approximate surface area is 128 Å². The van der Waals surface area contributed by atoms with E-state index in [0.717, 1.165) is 26.9 Å². The zero-order chi connectivity index (χ0) is 14.9. The average molecular weight is 335 g/mol. The fourth-order valence-electron chi connectivity index (χ4n) is 2.13. The molecule has 0 N–H and O–H groups in total. The highest BCUT2D eigenvalue weighted by molar-refractivity contribution is 9.10. The van der Waals surface area contributed by atoms with Gasteiger partial charge in [0.15, 0.2) is 5.78 Å². The van der Waals surface area contributed by atoms with Gasteiger partial charge in [-0.15, -0.1) is 0 Å². The largest absolute Gasteiger partial charge is 0.294 e. The summed E-state index contributed by atoms with van der Waals surface area (Å²) < 4.78 is 2.94. The van der Waals surface area contributed by atoms with E-state index in [1.54, 1.807) is 0 Å². The van der Waals surface area contributed by atoms with Crippen molar-refractivity contribution in [1.29, 1.82) is 0 Å². The Balaban J connectivity index is 2.19. The molecule has 2 rings (SSSR count). The van der Waals surface area contributed by atoms with Crippen LogP contribution >= 0.6 is 15.9 Å². The molecular formula is C16H19BrN2O. The van der Waals surface area contributed by atoms with Gasteiger partial charge < -0.3 is 0 Å². The molecule has 0 bridgehead atoms. The molecule has 0 fully saturated rings. The minimum absolute atomic E-state index is 0.109. The van der Waals surface area contributed by atoms with Crippen LogP contribution in [0.1, 0.15) is 47.1 Å². The summed E-state index contributed by atoms with van der Waals surface area (Å²) in [5, 5.41) is 4.42. The minimum atomic E-state index is 0.109. The molecule has 1 aromatic carbocycles. The molecular weight excluding hydrogens is 316 g/mol. The first-order valence-electron chi connectivity index (χ1n) is 6.72. The zero-order valence-corrected chi connectivity index (χ0v) is 13.9. The molecule has 20 heavy (non-hydrogen) atoms. The van der Waals surface area contributed by atoms with Gasteiger partial charge in [0.1, 0.15) is 0 Å². The molecule has 0 aliphatic carbocycles. The Hall–Kier alpha value is -1.42. The lowest BCUT2D eigenvalue weighted by Gasteiger charge is -2.07. The van der Waals surface area contributed by atoms with Gasteiger partial charge in [-0.25, -0.2) is 0 Å². The van der Waals surface area contributed by atoms with E-state index in [1.165, 1.54) is 0 Å². The van der Waals surface area contributed by atoms with Crippen LogP contribution in [0.5, 0.6) is 0 Å². The second-order valence-electron chi connectivity index (χ2n) is 5.40. The summed E-state index contributed by atoms with van der Waals surface area (Å²) in [5.74, 6) is 0.109. The van der Waals surface area contributed by atoms with E-state index in [1.807, 2.05) is 42.9 Å². The summed E-state index contributed by atoms with van der Waals surface area (Å²) in [6.45, 7) is 8.14. The highest BCUT2D eigenvalue weighted by atomic mass is 79.9. The first-order valence-corrected chi connectivity index (χ1v) is 7.51. The monoisotopic (exact) mass is 334 g/mol. The van der Waals surface area contributed by atoms with Gasteiger partial charge in [-0.05, 0) is 57.0 Å². The molecule has 0 radical (unpaired) electrons. The van der Waals surface area contributed by atoms with Crippen LogP contribution in [0.25, 0.3) is 0 Å². The van der Waals surface area contributed by atoms with Crippen LogP contribution in [0.4, 0.5) is 0 Å². The molecule has 0 saturated heterocycles. The Morgan fingerprint density at radius 3 is 2.40 bits per heavy atom. The Morgan fingerprint density at radius 1 is 1.30 bits per heavy atom. The van der Waals surface area contributed by atoms with Gasteiger partial charge in [-0.3, -0.25) is 9.48 Å². The molecule has 3 nitrogen and oxygen atoms in total. The van der Waals surface area contributed by atoms with Crippen molar-refractivity contribution in [2.24, 2.45) is 0 Å². The molecule has 0 atom stereocenters. The third kappa shape index (κ3) is 3.18. The number of carbonyl (C=O) groups is 1. The number of aromatic nitrogens is 2. The quantitative estimate of drug-likeness (QED) is 0.782. The van der Waals surface area contributed by atoms with Crippen LogP contribution in [0.15, 0.2) is 28.9 Å². The average Bonchev–Trinajstić information content (AvgIpc) is 2.84. The lowest BCUT2D eigenvalue weighted by Crippen LogP contribution is -2.07. The topological polar surface area (TPSA) is 34.9 Å². The normalized spacial score (nSPS) is 11.1. The van der Waals surface area contributed by atoms with Crippen molar-refractivity contribution < 1.29 is 4.79 Å². The first kappa shape index (κ1) is 15.0. The van der Waals surface area contributed by atoms with Gasteiger partial charge in [0.05, 0.1) is 12.1 Å². The number of rotatable bonds is 4. The van der Waals surface area contributed by atoms with Gasteiger partial charge >= 0.3 is 0 Å². The number of benzene rings is 1. The van der Waals surface area contributed by atoms with Crippen molar-refractivity contribution in [2.75, 3.05) is 0 Å². The van der Waals surface area contributed by atoms with Crippen molar-refractivity contribution in [3.8, 4) is 0 Å². The maximum Gasteiger partial charge on any atom is 0.168 e. The van der Waals surface area contributed by atoms with Crippen molar-refractivity contribution in [3.05, 3.63) is 51.3 Å². The van der Waals surface area contributed by atoms with E-state index >= 15 is 0 Å². The summed E-state index contributed by atoms with van der Waals surface area (Å²) in [7, 11) is 0. The molecule has 0 spiro atoms. The number of aryl methyl sites for hydroxylation is 2. The standard InChI is InChI=1S/C16H19BrN2O/c1-10(2)19-6-5-14(18-19)9-15(20)13-7-11(3)16(17)12(4)8-13/h5-8,10H,9H2,1-4H3. The molecule has 2 aromatic rings. The molecule has 0 unspecified atom stereocenters. The Kier molecular flexibility index (Phi) is 4.43. The van der Waals surface area contributed by atoms with E-state index < -0.39 is 0 Å². The van der Waals surface area contributed by atoms with Gasteiger partial charge in [0.25, 0.3) is 0 Å². The minimum Gasteiger partial charge on any atom is -0.294 e. The van der Waals surface area contributed by atoms with Gasteiger partial charge in [0, 0.05) is 22.3 Å². The Morgan fingerprint density at radius 2 is 1.90 bits per heavy atom. The summed E-state index contributed by atoms with van der Waals surface area (Å²) in [6, 6.07) is 6.09. The summed E-state index contributed by atoms with van der Waals surface area (Å²) in [4.78, 5) is 12.3. The van der Waals surface area contributed by atoms with Gasteiger partial charge in [-0.1, -0.05) is 15.9 Å². The van der Waals surface area contributed by atoms with Gasteiger partial charge in [0.2, 0.25) is 0 Å². The fraction of sp³-hybridized carbons (Fsp3) is 0.375. The van der Waals surface area contributed by atoms with Crippen LogP contribution in [0.3, 0.4) is 0 Å². The second kappa shape index (κ2) is 5.92. The third-order valence-electron chi connectivity index (χ3n) is 3.29. The van der Waals surface area contributed by atoms with Crippen LogP contribution < -0.4 is 0 Å². The van der Waals surface area contributed by atoms with E-state index in [4.69, 9.17) is 0 Å². The van der Waals surface area contributed by atoms with Crippen molar-refractivity contribution in [2.45, 2.75) is 40.2 Å². The molecule has 0 saturated carbocycles. The van der Waals surface area contributed by atoms with Crippen molar-refractivity contribution in [3.63, 3.8) is 0 Å². The number of nitrogens with zero attached hydrogens (tertiary/aromatic N) is 2. The maximum absolute atomic E-state index is 12.3. The number of halogens is 1. The molecule has 1 aromatic heterocycles. The van der Waals surface area contributed by atoms with E-state index in [-0.39, 0.29) is 5.78 Å². The Bertz CT molecular complexity index is 621. The SMILES string of the molecule is Cc1cc(C(=O)Cc2ccn(C(C)C)n2)cc(C)c1Br. The molecule has 0 aliphatic rings. The number of ketones is 1. The van der Waals surface area contributed by atoms with Crippen LogP contribution in [-0.2, 0) is 6.42 Å². The fourth-order valence-corrected chi connectivity index (χ4v) is 2.36. The number of Topliss-reactive ketones (excluding diaryl/α,β-unsaturated/α-hetero) is 1. The highest BCUT2D eigenvalue weighted by Gasteiger charge is 2.12. The van der Waals surface area contributed by atoms with E-state index in [0.29, 0.717) is 12.5 Å². The smallest absolute Gasteiger partial charge is 0.168 e. The molecule has 0 aliphatic heterocycles. The zero-order valence-electron chi connectivity index (χ0n) is 12.3. The number of hydrogen-bond donors (Lipinski definition) is 0. The first-order chi connectivity index (χ1) is 9.38. The van der Waals surface area contributed by atoms with Crippen molar-refractivity contribution >= 4 is 21.7 Å². The van der Waals surface area contributed by atoms with Crippen molar-refractivity contribution in [1.82, 2.24) is 9.78 Å². The van der Waals surface area contributed by atoms with Crippen LogP contribution in [-0.4, -0.2) is 15.6 Å². The molecule has 106 valence electrons. The van der Waals surface area contributed by atoms with Crippen LogP contribution in [0.2, 0.25) is 0 Å². The third-order valence-corrected chi connectivity index (χ3v) is 4.54. The predicted octanol–water partition coefficient (Wildman–Crippen LogP) is 4.27. The van der Waals surface area contributed by atoms with Crippen LogP contribution in [0, 0.1) is 13.8 Å².